The van der Waals surface area contributed by atoms with E-state index in [2.05, 4.69) is 11.1 Å². The lowest BCUT2D eigenvalue weighted by atomic mass is 10.1. The van der Waals surface area contributed by atoms with Gasteiger partial charge >= 0.3 is 0 Å². The minimum Gasteiger partial charge on any atom is -0.345 e. The van der Waals surface area contributed by atoms with Crippen molar-refractivity contribution in [1.29, 1.82) is 0 Å². The van der Waals surface area contributed by atoms with Gasteiger partial charge in [0.05, 0.1) is 21.8 Å². The Hall–Kier alpha value is -0.350. The standard InChI is InChI=1S/C7H8N2S2/c1-9-3-2-5-6(7(9)10)11-4-8-5/h2-6H,1H3. The average Bonchev–Trinajstić information content (AvgIpc) is 2.45. The molecule has 0 bridgehead atoms. The highest BCUT2D eigenvalue weighted by atomic mass is 32.2. The highest BCUT2D eigenvalue weighted by Crippen LogP contribution is 2.28. The van der Waals surface area contributed by atoms with Crippen LogP contribution in [0.2, 0.25) is 0 Å². The summed E-state index contributed by atoms with van der Waals surface area (Å²) >= 11 is 6.95. The van der Waals surface area contributed by atoms with Crippen molar-refractivity contribution in [2.24, 2.45) is 4.99 Å². The molecule has 2 atom stereocenters. The fourth-order valence-electron chi connectivity index (χ4n) is 1.18. The zero-order chi connectivity index (χ0) is 7.84. The third-order valence-corrected chi connectivity index (χ3v) is 3.58. The summed E-state index contributed by atoms with van der Waals surface area (Å²) in [7, 11) is 1.98. The van der Waals surface area contributed by atoms with E-state index >= 15 is 0 Å². The van der Waals surface area contributed by atoms with Gasteiger partial charge in [-0.1, -0.05) is 12.2 Å². The molecule has 0 saturated heterocycles. The minimum atomic E-state index is 0.295. The SMILES string of the molecule is CN1C=CC2N=CSC2C1=S. The molecule has 2 nitrogen and oxygen atoms in total. The van der Waals surface area contributed by atoms with Gasteiger partial charge in [0.1, 0.15) is 0 Å². The molecule has 0 amide bonds. The normalized spacial score (nSPS) is 34.6. The van der Waals surface area contributed by atoms with E-state index in [4.69, 9.17) is 12.2 Å². The molecule has 2 aliphatic rings. The lowest BCUT2D eigenvalue weighted by molar-refractivity contribution is 0.640. The molecule has 11 heavy (non-hydrogen) atoms. The van der Waals surface area contributed by atoms with Gasteiger partial charge in [-0.15, -0.1) is 11.8 Å². The van der Waals surface area contributed by atoms with Crippen molar-refractivity contribution in [3.63, 3.8) is 0 Å². The first kappa shape index (κ1) is 7.31. The Kier molecular flexibility index (Phi) is 1.73. The molecule has 2 rings (SSSR count). The number of hydrogen-bond donors (Lipinski definition) is 0. The monoisotopic (exact) mass is 184 g/mol. The Morgan fingerprint density at radius 1 is 1.73 bits per heavy atom. The van der Waals surface area contributed by atoms with Gasteiger partial charge in [0.15, 0.2) is 0 Å². The molecule has 58 valence electrons. The molecule has 2 aliphatic heterocycles. The lowest BCUT2D eigenvalue weighted by Gasteiger charge is -2.27. The second kappa shape index (κ2) is 2.60. The number of aliphatic imine (C=N–C) groups is 1. The Morgan fingerprint density at radius 2 is 2.55 bits per heavy atom. The fraction of sp³-hybridized carbons (Fsp3) is 0.429. The highest BCUT2D eigenvalue weighted by Gasteiger charge is 2.31. The largest absolute Gasteiger partial charge is 0.345 e. The van der Waals surface area contributed by atoms with E-state index in [0.717, 1.165) is 4.99 Å². The van der Waals surface area contributed by atoms with Gasteiger partial charge in [0, 0.05) is 13.2 Å². The van der Waals surface area contributed by atoms with E-state index in [-0.39, 0.29) is 0 Å². The van der Waals surface area contributed by atoms with Crippen LogP contribution in [0.3, 0.4) is 0 Å². The molecule has 2 unspecified atom stereocenters. The third-order valence-electron chi connectivity index (χ3n) is 1.85. The molecule has 2 heterocycles. The maximum absolute atomic E-state index is 5.24. The van der Waals surface area contributed by atoms with Crippen LogP contribution in [-0.2, 0) is 0 Å². The molecule has 0 aromatic heterocycles. The molecule has 0 aromatic rings. The summed E-state index contributed by atoms with van der Waals surface area (Å²) < 4.78 is 0. The number of rotatable bonds is 0. The van der Waals surface area contributed by atoms with Crippen LogP contribution >= 0.6 is 24.0 Å². The van der Waals surface area contributed by atoms with Crippen LogP contribution in [0.15, 0.2) is 17.3 Å². The van der Waals surface area contributed by atoms with Crippen molar-refractivity contribution in [2.75, 3.05) is 7.05 Å². The van der Waals surface area contributed by atoms with Gasteiger partial charge in [-0.05, 0) is 6.08 Å². The van der Waals surface area contributed by atoms with E-state index in [9.17, 15) is 0 Å². The molecule has 0 spiro atoms. The van der Waals surface area contributed by atoms with Crippen LogP contribution in [0.25, 0.3) is 0 Å². The first-order chi connectivity index (χ1) is 5.29. The summed E-state index contributed by atoms with van der Waals surface area (Å²) in [5, 5.41) is 0.375. The summed E-state index contributed by atoms with van der Waals surface area (Å²) in [6.07, 6.45) is 4.09. The summed E-state index contributed by atoms with van der Waals surface area (Å²) in [6.45, 7) is 0. The molecular formula is C7H8N2S2. The van der Waals surface area contributed by atoms with Gasteiger partial charge in [-0.2, -0.15) is 0 Å². The minimum absolute atomic E-state index is 0.295. The summed E-state index contributed by atoms with van der Waals surface area (Å²) in [4.78, 5) is 7.25. The smallest absolute Gasteiger partial charge is 0.0977 e. The van der Waals surface area contributed by atoms with Crippen molar-refractivity contribution in [3.05, 3.63) is 12.3 Å². The van der Waals surface area contributed by atoms with Crippen LogP contribution in [-0.4, -0.2) is 33.8 Å². The van der Waals surface area contributed by atoms with Gasteiger partial charge < -0.3 is 4.90 Å². The zero-order valence-electron chi connectivity index (χ0n) is 6.10. The second-order valence-corrected chi connectivity index (χ2v) is 4.00. The number of thiocarbonyl (C=S) groups is 1. The van der Waals surface area contributed by atoms with Crippen LogP contribution in [0.1, 0.15) is 0 Å². The summed E-state index contributed by atoms with van der Waals surface area (Å²) in [5.74, 6) is 0. The predicted molar refractivity (Wildman–Crippen MR) is 53.2 cm³/mol. The molecule has 0 aromatic carbocycles. The summed E-state index contributed by atoms with van der Waals surface area (Å²) in [6, 6.07) is 0.295. The van der Waals surface area contributed by atoms with Gasteiger partial charge in [-0.3, -0.25) is 4.99 Å². The Bertz CT molecular complexity index is 247. The van der Waals surface area contributed by atoms with Crippen LogP contribution in [0, 0.1) is 0 Å². The van der Waals surface area contributed by atoms with Crippen molar-refractivity contribution in [1.82, 2.24) is 4.90 Å². The molecule has 0 saturated carbocycles. The first-order valence-corrected chi connectivity index (χ1v) is 4.76. The van der Waals surface area contributed by atoms with Crippen molar-refractivity contribution in [2.45, 2.75) is 11.3 Å². The maximum Gasteiger partial charge on any atom is 0.0977 e. The van der Waals surface area contributed by atoms with Crippen LogP contribution in [0.5, 0.6) is 0 Å². The van der Waals surface area contributed by atoms with Crippen molar-refractivity contribution >= 4 is 34.5 Å². The maximum atomic E-state index is 5.24. The molecule has 0 fully saturated rings. The Labute approximate surface area is 75.4 Å². The first-order valence-electron chi connectivity index (χ1n) is 3.41. The zero-order valence-corrected chi connectivity index (χ0v) is 7.73. The summed E-state index contributed by atoms with van der Waals surface area (Å²) in [5.41, 5.74) is 1.89. The van der Waals surface area contributed by atoms with Gasteiger partial charge in [-0.25, -0.2) is 0 Å². The van der Waals surface area contributed by atoms with Crippen LogP contribution in [0.4, 0.5) is 0 Å². The van der Waals surface area contributed by atoms with E-state index in [1.165, 1.54) is 0 Å². The third kappa shape index (κ3) is 1.10. The highest BCUT2D eigenvalue weighted by molar-refractivity contribution is 8.14. The molecule has 0 N–H and O–H groups in total. The molecule has 4 heteroatoms. The molecule has 0 radical (unpaired) electrons. The predicted octanol–water partition coefficient (Wildman–Crippen LogP) is 1.29. The number of nitrogens with zero attached hydrogens (tertiary/aromatic N) is 2. The number of hydrogen-bond acceptors (Lipinski definition) is 3. The van der Waals surface area contributed by atoms with E-state index in [1.807, 2.05) is 23.7 Å². The fourth-order valence-corrected chi connectivity index (χ4v) is 2.49. The van der Waals surface area contributed by atoms with Crippen molar-refractivity contribution < 1.29 is 0 Å². The van der Waals surface area contributed by atoms with Gasteiger partial charge in [0.2, 0.25) is 0 Å². The molecular weight excluding hydrogens is 176 g/mol. The van der Waals surface area contributed by atoms with Gasteiger partial charge in [0.25, 0.3) is 0 Å². The van der Waals surface area contributed by atoms with E-state index in [1.54, 1.807) is 11.8 Å². The van der Waals surface area contributed by atoms with Crippen molar-refractivity contribution in [3.8, 4) is 0 Å². The Balaban J connectivity index is 2.28. The van der Waals surface area contributed by atoms with E-state index < -0.39 is 0 Å². The quantitative estimate of drug-likeness (QED) is 0.527. The second-order valence-electron chi connectivity index (χ2n) is 2.59. The molecule has 0 aliphatic carbocycles. The van der Waals surface area contributed by atoms with Crippen LogP contribution < -0.4 is 0 Å². The number of thioether (sulfide) groups is 1. The Morgan fingerprint density at radius 3 is 3.36 bits per heavy atom. The topological polar surface area (TPSA) is 15.6 Å². The lowest BCUT2D eigenvalue weighted by Crippen LogP contribution is -2.37. The number of fused-ring (bicyclic) bond motifs is 1. The van der Waals surface area contributed by atoms with E-state index in [0.29, 0.717) is 11.3 Å². The average molecular weight is 184 g/mol.